The molecule has 154 valence electrons. The molecule has 3 aromatic heterocycles. The van der Waals surface area contributed by atoms with Gasteiger partial charge in [0.1, 0.15) is 0 Å². The third-order valence-corrected chi connectivity index (χ3v) is 5.54. The molecule has 1 N–H and O–H groups in total. The van der Waals surface area contributed by atoms with Gasteiger partial charge in [0.2, 0.25) is 5.82 Å². The zero-order valence-electron chi connectivity index (χ0n) is 17.5. The summed E-state index contributed by atoms with van der Waals surface area (Å²) in [4.78, 5) is 16.9. The zero-order valence-corrected chi connectivity index (χ0v) is 17.5. The van der Waals surface area contributed by atoms with Crippen LogP contribution in [0, 0.1) is 6.92 Å². The molecule has 0 saturated carbocycles. The van der Waals surface area contributed by atoms with E-state index >= 15 is 0 Å². The van der Waals surface area contributed by atoms with Crippen LogP contribution in [0.25, 0.3) is 22.5 Å². The Balaban J connectivity index is 1.64. The third-order valence-electron chi connectivity index (χ3n) is 5.54. The van der Waals surface area contributed by atoms with Gasteiger partial charge in [0.15, 0.2) is 0 Å². The lowest BCUT2D eigenvalue weighted by molar-refractivity contribution is 0.667. The number of nitrogens with zero attached hydrogens (tertiary/aromatic N) is 6. The molecule has 0 aliphatic heterocycles. The van der Waals surface area contributed by atoms with Gasteiger partial charge in [0.05, 0.1) is 6.54 Å². The van der Waals surface area contributed by atoms with Gasteiger partial charge in [-0.1, -0.05) is 37.6 Å². The number of pyridine rings is 1. The van der Waals surface area contributed by atoms with Gasteiger partial charge in [-0.25, -0.2) is 4.79 Å². The van der Waals surface area contributed by atoms with Crippen LogP contribution >= 0.6 is 0 Å². The molecule has 0 radical (unpaired) electrons. The van der Waals surface area contributed by atoms with Crippen molar-refractivity contribution in [1.29, 1.82) is 0 Å². The van der Waals surface area contributed by atoms with Gasteiger partial charge >= 0.3 is 5.69 Å². The summed E-state index contributed by atoms with van der Waals surface area (Å²) in [5, 5.41) is 14.3. The van der Waals surface area contributed by atoms with Crippen LogP contribution in [-0.4, -0.2) is 34.7 Å². The van der Waals surface area contributed by atoms with Crippen molar-refractivity contribution < 1.29 is 0 Å². The van der Waals surface area contributed by atoms with Gasteiger partial charge in [0, 0.05) is 36.4 Å². The molecule has 0 amide bonds. The third kappa shape index (κ3) is 3.68. The SMILES string of the molecule is CCCCc1c(C)n(C)c(=O)n1Cc1ccc(-c2ccncc2-c2nn[nH]n2)cc1. The number of nitrogens with one attached hydrogen (secondary N) is 1. The largest absolute Gasteiger partial charge is 0.328 e. The number of benzene rings is 1. The Labute approximate surface area is 174 Å². The van der Waals surface area contributed by atoms with Crippen molar-refractivity contribution in [3.8, 4) is 22.5 Å². The van der Waals surface area contributed by atoms with E-state index in [1.54, 1.807) is 17.0 Å². The minimum Gasteiger partial charge on any atom is -0.299 e. The van der Waals surface area contributed by atoms with Crippen molar-refractivity contribution in [1.82, 2.24) is 34.7 Å². The molecule has 4 aromatic rings. The van der Waals surface area contributed by atoms with Gasteiger partial charge in [-0.15, -0.1) is 10.2 Å². The molecular weight excluding hydrogens is 378 g/mol. The number of tetrazole rings is 1. The molecule has 0 fully saturated rings. The van der Waals surface area contributed by atoms with Gasteiger partial charge < -0.3 is 0 Å². The molecule has 1 aromatic carbocycles. The van der Waals surface area contributed by atoms with Crippen LogP contribution in [0.15, 0.2) is 47.5 Å². The van der Waals surface area contributed by atoms with Crippen molar-refractivity contribution in [3.63, 3.8) is 0 Å². The Bertz CT molecular complexity index is 1190. The number of hydrogen-bond acceptors (Lipinski definition) is 5. The Morgan fingerprint density at radius 3 is 2.60 bits per heavy atom. The first-order valence-electron chi connectivity index (χ1n) is 10.1. The lowest BCUT2D eigenvalue weighted by Gasteiger charge is -2.10. The van der Waals surface area contributed by atoms with E-state index in [4.69, 9.17) is 0 Å². The van der Waals surface area contributed by atoms with E-state index in [2.05, 4.69) is 56.8 Å². The number of H-pyrrole nitrogens is 1. The number of aromatic nitrogens is 7. The van der Waals surface area contributed by atoms with Crippen LogP contribution in [0.4, 0.5) is 0 Å². The highest BCUT2D eigenvalue weighted by Gasteiger charge is 2.15. The predicted octanol–water partition coefficient (Wildman–Crippen LogP) is 3.13. The summed E-state index contributed by atoms with van der Waals surface area (Å²) in [6, 6.07) is 10.2. The maximum absolute atomic E-state index is 12.7. The first-order chi connectivity index (χ1) is 14.6. The van der Waals surface area contributed by atoms with E-state index in [1.165, 1.54) is 0 Å². The fourth-order valence-electron chi connectivity index (χ4n) is 3.72. The van der Waals surface area contributed by atoms with E-state index in [0.29, 0.717) is 12.4 Å². The molecule has 0 aliphatic rings. The Hall–Kier alpha value is -3.55. The smallest absolute Gasteiger partial charge is 0.299 e. The van der Waals surface area contributed by atoms with E-state index in [-0.39, 0.29) is 5.69 Å². The standard InChI is InChI=1S/C22H25N7O/c1-4-5-6-20-15(2)28(3)22(30)29(20)14-16-7-9-17(10-8-16)18-11-12-23-13-19(18)21-24-26-27-25-21/h7-13H,4-6,14H2,1-3H3,(H,24,25,26,27). The maximum atomic E-state index is 12.7. The monoisotopic (exact) mass is 403 g/mol. The van der Waals surface area contributed by atoms with Crippen molar-refractivity contribution >= 4 is 0 Å². The first-order valence-corrected chi connectivity index (χ1v) is 10.1. The van der Waals surface area contributed by atoms with Gasteiger partial charge in [-0.3, -0.25) is 14.1 Å². The highest BCUT2D eigenvalue weighted by molar-refractivity contribution is 5.79. The van der Waals surface area contributed by atoms with E-state index in [1.807, 2.05) is 24.6 Å². The minimum atomic E-state index is 0.0382. The second-order valence-electron chi connectivity index (χ2n) is 7.42. The Morgan fingerprint density at radius 1 is 1.10 bits per heavy atom. The summed E-state index contributed by atoms with van der Waals surface area (Å²) >= 11 is 0. The summed E-state index contributed by atoms with van der Waals surface area (Å²) in [7, 11) is 1.84. The highest BCUT2D eigenvalue weighted by Crippen LogP contribution is 2.29. The van der Waals surface area contributed by atoms with Crippen LogP contribution in [0.5, 0.6) is 0 Å². The summed E-state index contributed by atoms with van der Waals surface area (Å²) in [6.45, 7) is 4.75. The van der Waals surface area contributed by atoms with Gasteiger partial charge in [0.25, 0.3) is 0 Å². The maximum Gasteiger partial charge on any atom is 0.328 e. The average molecular weight is 403 g/mol. The van der Waals surface area contributed by atoms with E-state index in [9.17, 15) is 4.79 Å². The summed E-state index contributed by atoms with van der Waals surface area (Å²) in [5.41, 5.74) is 6.12. The van der Waals surface area contributed by atoms with Crippen LogP contribution in [0.2, 0.25) is 0 Å². The van der Waals surface area contributed by atoms with Crippen molar-refractivity contribution in [2.75, 3.05) is 0 Å². The molecule has 0 bridgehead atoms. The predicted molar refractivity (Wildman–Crippen MR) is 115 cm³/mol. The number of rotatable bonds is 7. The molecule has 4 rings (SSSR count). The molecule has 0 saturated heterocycles. The molecule has 30 heavy (non-hydrogen) atoms. The molecule has 0 spiro atoms. The second kappa shape index (κ2) is 8.44. The van der Waals surface area contributed by atoms with Crippen molar-refractivity contribution in [2.45, 2.75) is 39.7 Å². The van der Waals surface area contributed by atoms with E-state index in [0.717, 1.165) is 52.9 Å². The Morgan fingerprint density at radius 2 is 1.90 bits per heavy atom. The molecule has 0 aliphatic carbocycles. The lowest BCUT2D eigenvalue weighted by atomic mass is 10.00. The summed E-state index contributed by atoms with van der Waals surface area (Å²) < 4.78 is 3.64. The fourth-order valence-corrected chi connectivity index (χ4v) is 3.72. The van der Waals surface area contributed by atoms with Crippen molar-refractivity contribution in [3.05, 3.63) is 70.2 Å². The zero-order chi connectivity index (χ0) is 21.1. The highest BCUT2D eigenvalue weighted by atomic mass is 16.1. The molecule has 0 unspecified atom stereocenters. The number of unbranched alkanes of at least 4 members (excludes halogenated alkanes) is 1. The Kier molecular flexibility index (Phi) is 5.56. The number of aromatic amines is 1. The molecule has 8 nitrogen and oxygen atoms in total. The molecular formula is C22H25N7O. The van der Waals surface area contributed by atoms with Crippen LogP contribution in [-0.2, 0) is 20.0 Å². The van der Waals surface area contributed by atoms with E-state index < -0.39 is 0 Å². The van der Waals surface area contributed by atoms with Crippen LogP contribution in [0.1, 0.15) is 36.7 Å². The molecule has 3 heterocycles. The van der Waals surface area contributed by atoms with Crippen LogP contribution in [0.3, 0.4) is 0 Å². The minimum absolute atomic E-state index is 0.0382. The molecule has 8 heteroatoms. The van der Waals surface area contributed by atoms with Gasteiger partial charge in [-0.2, -0.15) is 5.21 Å². The fraction of sp³-hybridized carbons (Fsp3) is 0.318. The summed E-state index contributed by atoms with van der Waals surface area (Å²) in [6.07, 6.45) is 6.58. The molecule has 0 atom stereocenters. The summed E-state index contributed by atoms with van der Waals surface area (Å²) in [5.74, 6) is 0.508. The number of imidazole rings is 1. The average Bonchev–Trinajstić information content (AvgIpc) is 3.38. The number of hydrogen-bond donors (Lipinski definition) is 1. The lowest BCUT2D eigenvalue weighted by Crippen LogP contribution is -2.24. The van der Waals surface area contributed by atoms with Crippen molar-refractivity contribution in [2.24, 2.45) is 7.05 Å². The topological polar surface area (TPSA) is 94.3 Å². The quantitative estimate of drug-likeness (QED) is 0.512. The normalized spacial score (nSPS) is 11.2. The van der Waals surface area contributed by atoms with Gasteiger partial charge in [-0.05, 0) is 47.7 Å². The van der Waals surface area contributed by atoms with Crippen LogP contribution < -0.4 is 5.69 Å². The first kappa shape index (κ1) is 19.8. The second-order valence-corrected chi connectivity index (χ2v) is 7.42.